The van der Waals surface area contributed by atoms with Gasteiger partial charge >= 0.3 is 0 Å². The Morgan fingerprint density at radius 3 is 2.23 bits per heavy atom. The zero-order chi connectivity index (χ0) is 15.7. The van der Waals surface area contributed by atoms with Gasteiger partial charge < -0.3 is 15.1 Å². The number of hydrogen-bond donors (Lipinski definition) is 1. The van der Waals surface area contributed by atoms with Crippen molar-refractivity contribution in [1.29, 1.82) is 0 Å². The topological polar surface area (TPSA) is 52.7 Å². The van der Waals surface area contributed by atoms with E-state index in [0.29, 0.717) is 25.2 Å². The van der Waals surface area contributed by atoms with E-state index in [1.54, 1.807) is 0 Å². The van der Waals surface area contributed by atoms with Crippen molar-refractivity contribution >= 4 is 24.2 Å². The summed E-state index contributed by atoms with van der Waals surface area (Å²) in [5.74, 6) is 1.08. The number of rotatable bonds is 8. The summed E-state index contributed by atoms with van der Waals surface area (Å²) in [5.41, 5.74) is 0. The molecule has 2 amide bonds. The van der Waals surface area contributed by atoms with Gasteiger partial charge in [-0.2, -0.15) is 0 Å². The van der Waals surface area contributed by atoms with Crippen LogP contribution in [-0.4, -0.2) is 61.4 Å². The Labute approximate surface area is 141 Å². The van der Waals surface area contributed by atoms with E-state index < -0.39 is 0 Å². The third-order valence-electron chi connectivity index (χ3n) is 4.36. The molecule has 1 N–H and O–H groups in total. The van der Waals surface area contributed by atoms with Crippen molar-refractivity contribution in [3.05, 3.63) is 0 Å². The highest BCUT2D eigenvalue weighted by atomic mass is 35.5. The second-order valence-electron chi connectivity index (χ2n) is 5.80. The van der Waals surface area contributed by atoms with Crippen molar-refractivity contribution in [3.8, 4) is 0 Å². The van der Waals surface area contributed by atoms with Gasteiger partial charge in [0.05, 0.1) is 0 Å². The molecule has 0 saturated carbocycles. The lowest BCUT2D eigenvalue weighted by molar-refractivity contribution is -0.133. The summed E-state index contributed by atoms with van der Waals surface area (Å²) in [6, 6.07) is 0. The fraction of sp³-hybridized carbons (Fsp3) is 0.875. The van der Waals surface area contributed by atoms with Crippen molar-refractivity contribution in [2.24, 2.45) is 5.92 Å². The van der Waals surface area contributed by atoms with Crippen LogP contribution in [0.2, 0.25) is 0 Å². The van der Waals surface area contributed by atoms with Crippen LogP contribution < -0.4 is 5.32 Å². The second kappa shape index (κ2) is 11.7. The molecule has 0 aromatic heterocycles. The molecule has 0 aromatic rings. The van der Waals surface area contributed by atoms with Crippen LogP contribution in [0.1, 0.15) is 46.0 Å². The fourth-order valence-electron chi connectivity index (χ4n) is 2.96. The van der Waals surface area contributed by atoms with Gasteiger partial charge in [-0.05, 0) is 52.6 Å². The number of carbonyl (C=O) groups is 2. The van der Waals surface area contributed by atoms with Crippen LogP contribution in [0, 0.1) is 5.92 Å². The fourth-order valence-corrected chi connectivity index (χ4v) is 2.96. The summed E-state index contributed by atoms with van der Waals surface area (Å²) in [6.07, 6.45) is 3.84. The highest BCUT2D eigenvalue weighted by molar-refractivity contribution is 5.85. The molecule has 0 aromatic carbocycles. The molecular formula is C16H32ClN3O2. The van der Waals surface area contributed by atoms with E-state index in [9.17, 15) is 9.59 Å². The van der Waals surface area contributed by atoms with Crippen LogP contribution in [0.4, 0.5) is 0 Å². The highest BCUT2D eigenvalue weighted by Gasteiger charge is 2.22. The zero-order valence-electron chi connectivity index (χ0n) is 14.3. The van der Waals surface area contributed by atoms with E-state index >= 15 is 0 Å². The van der Waals surface area contributed by atoms with Crippen molar-refractivity contribution in [2.45, 2.75) is 46.0 Å². The predicted molar refractivity (Wildman–Crippen MR) is 92.3 cm³/mol. The minimum atomic E-state index is 0. The van der Waals surface area contributed by atoms with E-state index in [1.807, 2.05) is 30.7 Å². The third kappa shape index (κ3) is 6.97. The van der Waals surface area contributed by atoms with Gasteiger partial charge in [0.15, 0.2) is 0 Å². The van der Waals surface area contributed by atoms with Crippen molar-refractivity contribution < 1.29 is 9.59 Å². The molecule has 6 heteroatoms. The van der Waals surface area contributed by atoms with E-state index in [2.05, 4.69) is 5.32 Å². The number of nitrogens with one attached hydrogen (secondary N) is 1. The molecule has 1 aliphatic rings. The summed E-state index contributed by atoms with van der Waals surface area (Å²) in [7, 11) is 1.98. The maximum Gasteiger partial charge on any atom is 0.222 e. The standard InChI is InChI=1S/C16H31N3O2.ClH/c1-4-18(5-2)15(20)7-6-8-16(21)19-11-9-14(10-12-19)13-17-3;/h14,17H,4-13H2,1-3H3;1H. The van der Waals surface area contributed by atoms with Gasteiger partial charge in [0.1, 0.15) is 0 Å². The number of hydrogen-bond acceptors (Lipinski definition) is 3. The molecule has 0 unspecified atom stereocenters. The summed E-state index contributed by atoms with van der Waals surface area (Å²) in [4.78, 5) is 27.8. The van der Waals surface area contributed by atoms with Gasteiger partial charge in [-0.25, -0.2) is 0 Å². The van der Waals surface area contributed by atoms with Crippen LogP contribution in [0.3, 0.4) is 0 Å². The molecule has 1 rings (SSSR count). The number of piperidine rings is 1. The van der Waals surface area contributed by atoms with Crippen molar-refractivity contribution in [3.63, 3.8) is 0 Å². The minimum absolute atomic E-state index is 0. The number of carbonyl (C=O) groups excluding carboxylic acids is 2. The normalized spacial score (nSPS) is 15.3. The van der Waals surface area contributed by atoms with E-state index in [1.165, 1.54) is 0 Å². The lowest BCUT2D eigenvalue weighted by Crippen LogP contribution is -2.40. The average Bonchev–Trinajstić information content (AvgIpc) is 2.49. The smallest absolute Gasteiger partial charge is 0.222 e. The average molecular weight is 334 g/mol. The van der Waals surface area contributed by atoms with E-state index in [0.717, 1.165) is 45.6 Å². The number of likely N-dealkylation sites (tertiary alicyclic amines) is 1. The Morgan fingerprint density at radius 1 is 1.14 bits per heavy atom. The quantitative estimate of drug-likeness (QED) is 0.738. The number of amides is 2. The van der Waals surface area contributed by atoms with E-state index in [-0.39, 0.29) is 24.2 Å². The summed E-state index contributed by atoms with van der Waals surface area (Å²) >= 11 is 0. The first-order valence-electron chi connectivity index (χ1n) is 8.32. The van der Waals surface area contributed by atoms with Crippen LogP contribution >= 0.6 is 12.4 Å². The highest BCUT2D eigenvalue weighted by Crippen LogP contribution is 2.17. The predicted octanol–water partition coefficient (Wildman–Crippen LogP) is 1.90. The molecule has 1 saturated heterocycles. The van der Waals surface area contributed by atoms with Gasteiger partial charge in [0.2, 0.25) is 11.8 Å². The van der Waals surface area contributed by atoms with Crippen LogP contribution in [-0.2, 0) is 9.59 Å². The van der Waals surface area contributed by atoms with Gasteiger partial charge in [-0.1, -0.05) is 0 Å². The van der Waals surface area contributed by atoms with Gasteiger partial charge in [-0.3, -0.25) is 9.59 Å². The molecular weight excluding hydrogens is 302 g/mol. The van der Waals surface area contributed by atoms with Gasteiger partial charge in [0.25, 0.3) is 0 Å². The zero-order valence-corrected chi connectivity index (χ0v) is 15.1. The molecule has 1 heterocycles. The minimum Gasteiger partial charge on any atom is -0.343 e. The monoisotopic (exact) mass is 333 g/mol. The lowest BCUT2D eigenvalue weighted by atomic mass is 9.96. The van der Waals surface area contributed by atoms with Gasteiger partial charge in [0, 0.05) is 39.0 Å². The Hall–Kier alpha value is -0.810. The first-order chi connectivity index (χ1) is 10.1. The molecule has 1 fully saturated rings. The first-order valence-corrected chi connectivity index (χ1v) is 8.32. The maximum atomic E-state index is 12.1. The summed E-state index contributed by atoms with van der Waals surface area (Å²) in [5, 5.41) is 3.20. The lowest BCUT2D eigenvalue weighted by Gasteiger charge is -2.32. The largest absolute Gasteiger partial charge is 0.343 e. The molecule has 0 atom stereocenters. The number of nitrogens with zero attached hydrogens (tertiary/aromatic N) is 2. The Kier molecular flexibility index (Phi) is 11.3. The SMILES string of the molecule is CCN(CC)C(=O)CCCC(=O)N1CCC(CNC)CC1.Cl. The summed E-state index contributed by atoms with van der Waals surface area (Å²) < 4.78 is 0. The molecule has 0 bridgehead atoms. The molecule has 130 valence electrons. The molecule has 0 aliphatic carbocycles. The van der Waals surface area contributed by atoms with Crippen molar-refractivity contribution in [1.82, 2.24) is 15.1 Å². The van der Waals surface area contributed by atoms with Crippen LogP contribution in [0.15, 0.2) is 0 Å². The molecule has 0 radical (unpaired) electrons. The first kappa shape index (κ1) is 21.2. The molecule has 5 nitrogen and oxygen atoms in total. The van der Waals surface area contributed by atoms with Gasteiger partial charge in [-0.15, -0.1) is 12.4 Å². The second-order valence-corrected chi connectivity index (χ2v) is 5.80. The number of halogens is 1. The van der Waals surface area contributed by atoms with Crippen molar-refractivity contribution in [2.75, 3.05) is 39.8 Å². The van der Waals surface area contributed by atoms with E-state index in [4.69, 9.17) is 0 Å². The van der Waals surface area contributed by atoms with Crippen LogP contribution in [0.5, 0.6) is 0 Å². The third-order valence-corrected chi connectivity index (χ3v) is 4.36. The molecule has 1 aliphatic heterocycles. The summed E-state index contributed by atoms with van der Waals surface area (Å²) in [6.45, 7) is 8.26. The molecule has 22 heavy (non-hydrogen) atoms. The Balaban J connectivity index is 0.00000441. The molecule has 0 spiro atoms. The Morgan fingerprint density at radius 2 is 1.73 bits per heavy atom. The van der Waals surface area contributed by atoms with Crippen LogP contribution in [0.25, 0.3) is 0 Å². The Bertz CT molecular complexity index is 327. The maximum absolute atomic E-state index is 12.1.